The third-order valence-corrected chi connectivity index (χ3v) is 2.56. The van der Waals surface area contributed by atoms with Gasteiger partial charge in [-0.25, -0.2) is 0 Å². The highest BCUT2D eigenvalue weighted by molar-refractivity contribution is 5.80. The van der Waals surface area contributed by atoms with Gasteiger partial charge in [-0.3, -0.25) is 4.79 Å². The number of carbonyl (C=O) groups is 1. The molecule has 0 aliphatic carbocycles. The number of nitrogens with one attached hydrogen (secondary N) is 1. The number of rotatable bonds is 7. The van der Waals surface area contributed by atoms with Crippen molar-refractivity contribution in [1.82, 2.24) is 5.32 Å². The SMILES string of the molecule is C=CCNC(=O)C(C)Oc1cccc(CC(C)N)c1. The molecular formula is C15H22N2O2. The summed E-state index contributed by atoms with van der Waals surface area (Å²) < 4.78 is 5.61. The van der Waals surface area contributed by atoms with Gasteiger partial charge in [0.05, 0.1) is 0 Å². The normalized spacial score (nSPS) is 13.4. The Kier molecular flexibility index (Phi) is 6.09. The van der Waals surface area contributed by atoms with Crippen molar-refractivity contribution in [3.63, 3.8) is 0 Å². The molecule has 0 saturated carbocycles. The van der Waals surface area contributed by atoms with E-state index in [1.54, 1.807) is 13.0 Å². The van der Waals surface area contributed by atoms with Crippen LogP contribution < -0.4 is 15.8 Å². The van der Waals surface area contributed by atoms with Gasteiger partial charge in [0.25, 0.3) is 5.91 Å². The summed E-state index contributed by atoms with van der Waals surface area (Å²) in [6.07, 6.45) is 1.88. The van der Waals surface area contributed by atoms with E-state index in [1.165, 1.54) is 0 Å². The molecule has 0 radical (unpaired) electrons. The van der Waals surface area contributed by atoms with Crippen LogP contribution in [0.4, 0.5) is 0 Å². The molecule has 0 aliphatic rings. The predicted molar refractivity (Wildman–Crippen MR) is 77.1 cm³/mol. The average Bonchev–Trinajstić information content (AvgIpc) is 2.35. The molecular weight excluding hydrogens is 240 g/mol. The predicted octanol–water partition coefficient (Wildman–Crippen LogP) is 1.65. The molecule has 4 nitrogen and oxygen atoms in total. The highest BCUT2D eigenvalue weighted by Crippen LogP contribution is 2.16. The molecule has 1 amide bonds. The third kappa shape index (κ3) is 5.57. The second kappa shape index (κ2) is 7.59. The minimum Gasteiger partial charge on any atom is -0.481 e. The highest BCUT2D eigenvalue weighted by Gasteiger charge is 2.13. The number of nitrogens with two attached hydrogens (primary N) is 1. The molecule has 0 aromatic heterocycles. The Morgan fingerprint density at radius 3 is 2.89 bits per heavy atom. The van der Waals surface area contributed by atoms with Gasteiger partial charge in [-0.2, -0.15) is 0 Å². The molecule has 4 heteroatoms. The summed E-state index contributed by atoms with van der Waals surface area (Å²) in [6, 6.07) is 7.76. The lowest BCUT2D eigenvalue weighted by Crippen LogP contribution is -2.36. The van der Waals surface area contributed by atoms with Gasteiger partial charge in [0.15, 0.2) is 6.10 Å². The first-order chi connectivity index (χ1) is 9.02. The second-order valence-electron chi connectivity index (χ2n) is 4.62. The van der Waals surface area contributed by atoms with Gasteiger partial charge in [0.2, 0.25) is 0 Å². The van der Waals surface area contributed by atoms with E-state index < -0.39 is 6.10 Å². The summed E-state index contributed by atoms with van der Waals surface area (Å²) in [5.74, 6) is 0.525. The minimum atomic E-state index is -0.537. The summed E-state index contributed by atoms with van der Waals surface area (Å²) in [5, 5.41) is 2.70. The van der Waals surface area contributed by atoms with Crippen LogP contribution in [0.5, 0.6) is 5.75 Å². The zero-order chi connectivity index (χ0) is 14.3. The molecule has 2 unspecified atom stereocenters. The summed E-state index contributed by atoms with van der Waals surface area (Å²) in [6.45, 7) is 7.67. The molecule has 0 heterocycles. The Hall–Kier alpha value is -1.81. The topological polar surface area (TPSA) is 64.3 Å². The van der Waals surface area contributed by atoms with E-state index in [-0.39, 0.29) is 11.9 Å². The Morgan fingerprint density at radius 2 is 2.26 bits per heavy atom. The minimum absolute atomic E-state index is 0.101. The van der Waals surface area contributed by atoms with E-state index in [2.05, 4.69) is 11.9 Å². The summed E-state index contributed by atoms with van der Waals surface area (Å²) in [4.78, 5) is 11.7. The third-order valence-electron chi connectivity index (χ3n) is 2.56. The number of carbonyl (C=O) groups excluding carboxylic acids is 1. The van der Waals surface area contributed by atoms with Crippen LogP contribution in [0.15, 0.2) is 36.9 Å². The number of hydrogen-bond donors (Lipinski definition) is 2. The van der Waals surface area contributed by atoms with Crippen LogP contribution in [-0.4, -0.2) is 24.6 Å². The van der Waals surface area contributed by atoms with Crippen LogP contribution in [0.2, 0.25) is 0 Å². The zero-order valence-electron chi connectivity index (χ0n) is 11.6. The first-order valence-corrected chi connectivity index (χ1v) is 6.42. The maximum absolute atomic E-state index is 11.7. The second-order valence-corrected chi connectivity index (χ2v) is 4.62. The fourth-order valence-electron chi connectivity index (χ4n) is 1.69. The van der Waals surface area contributed by atoms with Crippen molar-refractivity contribution < 1.29 is 9.53 Å². The molecule has 104 valence electrons. The van der Waals surface area contributed by atoms with Crippen molar-refractivity contribution in [3.05, 3.63) is 42.5 Å². The lowest BCUT2D eigenvalue weighted by molar-refractivity contribution is -0.127. The summed E-state index contributed by atoms with van der Waals surface area (Å²) in [5.41, 5.74) is 6.87. The molecule has 0 aliphatic heterocycles. The molecule has 0 bridgehead atoms. The molecule has 1 aromatic rings. The number of ether oxygens (including phenoxy) is 1. The quantitative estimate of drug-likeness (QED) is 0.734. The number of benzene rings is 1. The van der Waals surface area contributed by atoms with Crippen molar-refractivity contribution in [2.75, 3.05) is 6.54 Å². The average molecular weight is 262 g/mol. The lowest BCUT2D eigenvalue weighted by Gasteiger charge is -2.15. The molecule has 0 spiro atoms. The van der Waals surface area contributed by atoms with Crippen molar-refractivity contribution in [1.29, 1.82) is 0 Å². The Balaban J connectivity index is 2.60. The van der Waals surface area contributed by atoms with Crippen molar-refractivity contribution >= 4 is 5.91 Å². The van der Waals surface area contributed by atoms with Crippen LogP contribution >= 0.6 is 0 Å². The Morgan fingerprint density at radius 1 is 1.53 bits per heavy atom. The Bertz CT molecular complexity index is 430. The standard InChI is InChI=1S/C15H22N2O2/c1-4-8-17-15(18)12(3)19-14-7-5-6-13(10-14)9-11(2)16/h4-7,10-12H,1,8-9,16H2,2-3H3,(H,17,18). The van der Waals surface area contributed by atoms with Gasteiger partial charge in [0.1, 0.15) is 5.75 Å². The van der Waals surface area contributed by atoms with Crippen LogP contribution in [0, 0.1) is 0 Å². The van der Waals surface area contributed by atoms with Crippen LogP contribution in [-0.2, 0) is 11.2 Å². The van der Waals surface area contributed by atoms with Crippen LogP contribution in [0.1, 0.15) is 19.4 Å². The molecule has 1 aromatic carbocycles. The number of amides is 1. The van der Waals surface area contributed by atoms with Crippen molar-refractivity contribution in [3.8, 4) is 5.75 Å². The van der Waals surface area contributed by atoms with Crippen molar-refractivity contribution in [2.45, 2.75) is 32.4 Å². The van der Waals surface area contributed by atoms with Gasteiger partial charge in [0, 0.05) is 12.6 Å². The molecule has 0 fully saturated rings. The number of hydrogen-bond acceptors (Lipinski definition) is 3. The first-order valence-electron chi connectivity index (χ1n) is 6.42. The molecule has 3 N–H and O–H groups in total. The smallest absolute Gasteiger partial charge is 0.261 e. The van der Waals surface area contributed by atoms with E-state index in [0.29, 0.717) is 12.3 Å². The fourth-order valence-corrected chi connectivity index (χ4v) is 1.69. The summed E-state index contributed by atoms with van der Waals surface area (Å²) >= 11 is 0. The van der Waals surface area contributed by atoms with Gasteiger partial charge < -0.3 is 15.8 Å². The maximum Gasteiger partial charge on any atom is 0.261 e. The zero-order valence-corrected chi connectivity index (χ0v) is 11.6. The first kappa shape index (κ1) is 15.2. The van der Waals surface area contributed by atoms with E-state index in [0.717, 1.165) is 12.0 Å². The van der Waals surface area contributed by atoms with E-state index in [1.807, 2.05) is 31.2 Å². The van der Waals surface area contributed by atoms with Crippen LogP contribution in [0.25, 0.3) is 0 Å². The van der Waals surface area contributed by atoms with E-state index in [4.69, 9.17) is 10.5 Å². The Labute approximate surface area is 114 Å². The van der Waals surface area contributed by atoms with Gasteiger partial charge in [-0.15, -0.1) is 6.58 Å². The summed E-state index contributed by atoms with van der Waals surface area (Å²) in [7, 11) is 0. The van der Waals surface area contributed by atoms with Crippen molar-refractivity contribution in [2.24, 2.45) is 5.73 Å². The molecule has 19 heavy (non-hydrogen) atoms. The van der Waals surface area contributed by atoms with Gasteiger partial charge in [-0.05, 0) is 38.0 Å². The van der Waals surface area contributed by atoms with E-state index in [9.17, 15) is 4.79 Å². The fraction of sp³-hybridized carbons (Fsp3) is 0.400. The van der Waals surface area contributed by atoms with Gasteiger partial charge >= 0.3 is 0 Å². The molecule has 0 saturated heterocycles. The molecule has 1 rings (SSSR count). The van der Waals surface area contributed by atoms with Gasteiger partial charge in [-0.1, -0.05) is 18.2 Å². The van der Waals surface area contributed by atoms with E-state index >= 15 is 0 Å². The highest BCUT2D eigenvalue weighted by atomic mass is 16.5. The lowest BCUT2D eigenvalue weighted by atomic mass is 10.1. The monoisotopic (exact) mass is 262 g/mol. The largest absolute Gasteiger partial charge is 0.481 e. The van der Waals surface area contributed by atoms with Crippen LogP contribution in [0.3, 0.4) is 0 Å². The maximum atomic E-state index is 11.7. The molecule has 2 atom stereocenters.